The fourth-order valence-corrected chi connectivity index (χ4v) is 2.59. The lowest BCUT2D eigenvalue weighted by molar-refractivity contribution is 0.343. The summed E-state index contributed by atoms with van der Waals surface area (Å²) < 4.78 is 13.9. The van der Waals surface area contributed by atoms with Gasteiger partial charge in [0, 0.05) is 0 Å². The summed E-state index contributed by atoms with van der Waals surface area (Å²) in [6.07, 6.45) is 0. The quantitative estimate of drug-likeness (QED) is 0.746. The Bertz CT molecular complexity index is 825. The van der Waals surface area contributed by atoms with E-state index in [0.29, 0.717) is 23.8 Å². The molecule has 0 fully saturated rings. The molecule has 0 bridgehead atoms. The SMILES string of the molecule is CCOc1cccc2c1[nH]c(=S)n2Cc1nc(C)c(C)o1. The van der Waals surface area contributed by atoms with Gasteiger partial charge in [0.2, 0.25) is 5.89 Å². The van der Waals surface area contributed by atoms with E-state index < -0.39 is 0 Å². The minimum atomic E-state index is 0.503. The van der Waals surface area contributed by atoms with Crippen molar-refractivity contribution in [2.45, 2.75) is 27.3 Å². The molecule has 5 nitrogen and oxygen atoms in total. The predicted octanol–water partition coefficient (Wildman–Crippen LogP) is 3.75. The molecule has 0 atom stereocenters. The molecule has 6 heteroatoms. The lowest BCUT2D eigenvalue weighted by Gasteiger charge is -2.05. The first-order chi connectivity index (χ1) is 10.1. The minimum Gasteiger partial charge on any atom is -0.492 e. The fraction of sp³-hybridized carbons (Fsp3) is 0.333. The molecule has 2 aromatic heterocycles. The normalized spacial score (nSPS) is 11.2. The third-order valence-corrected chi connectivity index (χ3v) is 3.76. The summed E-state index contributed by atoms with van der Waals surface area (Å²) in [7, 11) is 0. The number of fused-ring (bicyclic) bond motifs is 1. The van der Waals surface area contributed by atoms with Gasteiger partial charge in [-0.3, -0.25) is 0 Å². The van der Waals surface area contributed by atoms with Crippen molar-refractivity contribution in [2.24, 2.45) is 0 Å². The summed E-state index contributed by atoms with van der Waals surface area (Å²) in [6.45, 7) is 6.92. The van der Waals surface area contributed by atoms with E-state index >= 15 is 0 Å². The van der Waals surface area contributed by atoms with E-state index in [1.807, 2.05) is 43.5 Å². The Balaban J connectivity index is 2.08. The number of H-pyrrole nitrogens is 1. The maximum absolute atomic E-state index is 5.65. The Morgan fingerprint density at radius 1 is 1.38 bits per heavy atom. The average Bonchev–Trinajstić information content (AvgIpc) is 2.93. The van der Waals surface area contributed by atoms with Crippen LogP contribution in [0.25, 0.3) is 11.0 Å². The van der Waals surface area contributed by atoms with Gasteiger partial charge in [-0.15, -0.1) is 0 Å². The molecule has 3 aromatic rings. The summed E-state index contributed by atoms with van der Waals surface area (Å²) >= 11 is 5.42. The number of aryl methyl sites for hydroxylation is 2. The number of oxazole rings is 1. The number of ether oxygens (including phenoxy) is 1. The smallest absolute Gasteiger partial charge is 0.214 e. The molecule has 0 amide bonds. The van der Waals surface area contributed by atoms with Gasteiger partial charge in [-0.25, -0.2) is 4.98 Å². The Morgan fingerprint density at radius 2 is 2.19 bits per heavy atom. The first-order valence-electron chi connectivity index (χ1n) is 6.87. The third kappa shape index (κ3) is 2.47. The maximum Gasteiger partial charge on any atom is 0.214 e. The molecule has 1 aromatic carbocycles. The molecule has 2 heterocycles. The van der Waals surface area contributed by atoms with Gasteiger partial charge in [0.1, 0.15) is 23.6 Å². The van der Waals surface area contributed by atoms with Crippen molar-refractivity contribution in [1.29, 1.82) is 0 Å². The number of imidazole rings is 1. The van der Waals surface area contributed by atoms with Crippen LogP contribution in [0.2, 0.25) is 0 Å². The molecule has 0 aliphatic heterocycles. The van der Waals surface area contributed by atoms with Crippen LogP contribution in [-0.2, 0) is 6.54 Å². The van der Waals surface area contributed by atoms with Crippen molar-refractivity contribution >= 4 is 23.3 Å². The second-order valence-corrected chi connectivity index (χ2v) is 5.24. The number of nitrogens with zero attached hydrogens (tertiary/aromatic N) is 2. The zero-order valence-electron chi connectivity index (χ0n) is 12.3. The molecule has 0 aliphatic rings. The van der Waals surface area contributed by atoms with Crippen LogP contribution in [-0.4, -0.2) is 21.1 Å². The predicted molar refractivity (Wildman–Crippen MR) is 83.4 cm³/mol. The Labute approximate surface area is 127 Å². The first kappa shape index (κ1) is 13.9. The zero-order valence-corrected chi connectivity index (χ0v) is 13.1. The molecular formula is C15H17N3O2S. The van der Waals surface area contributed by atoms with E-state index in [2.05, 4.69) is 9.97 Å². The van der Waals surface area contributed by atoms with Gasteiger partial charge in [0.15, 0.2) is 4.77 Å². The van der Waals surface area contributed by atoms with Gasteiger partial charge >= 0.3 is 0 Å². The molecule has 0 radical (unpaired) electrons. The van der Waals surface area contributed by atoms with E-state index in [1.54, 1.807) is 0 Å². The van der Waals surface area contributed by atoms with E-state index in [4.69, 9.17) is 21.4 Å². The second kappa shape index (κ2) is 5.37. The molecule has 0 spiro atoms. The van der Waals surface area contributed by atoms with Gasteiger partial charge in [-0.05, 0) is 45.1 Å². The number of aromatic amines is 1. The van der Waals surface area contributed by atoms with Crippen LogP contribution < -0.4 is 4.74 Å². The summed E-state index contributed by atoms with van der Waals surface area (Å²) in [6, 6.07) is 5.90. The van der Waals surface area contributed by atoms with Crippen LogP contribution in [0, 0.1) is 18.6 Å². The molecule has 21 heavy (non-hydrogen) atoms. The molecule has 110 valence electrons. The highest BCUT2D eigenvalue weighted by molar-refractivity contribution is 7.71. The van der Waals surface area contributed by atoms with E-state index in [-0.39, 0.29) is 0 Å². The van der Waals surface area contributed by atoms with Gasteiger partial charge in [-0.2, -0.15) is 0 Å². The van der Waals surface area contributed by atoms with Crippen molar-refractivity contribution < 1.29 is 9.15 Å². The Hall–Kier alpha value is -2.08. The molecular weight excluding hydrogens is 286 g/mol. The zero-order chi connectivity index (χ0) is 15.0. The first-order valence-corrected chi connectivity index (χ1v) is 7.28. The van der Waals surface area contributed by atoms with Crippen molar-refractivity contribution in [3.05, 3.63) is 40.3 Å². The fourth-order valence-electron chi connectivity index (χ4n) is 2.33. The minimum absolute atomic E-state index is 0.503. The number of hydrogen-bond acceptors (Lipinski definition) is 4. The van der Waals surface area contributed by atoms with Crippen LogP contribution in [0.1, 0.15) is 24.3 Å². The topological polar surface area (TPSA) is 56.0 Å². The van der Waals surface area contributed by atoms with Crippen LogP contribution in [0.4, 0.5) is 0 Å². The number of benzene rings is 1. The monoisotopic (exact) mass is 303 g/mol. The van der Waals surface area contributed by atoms with Crippen molar-refractivity contribution in [3.63, 3.8) is 0 Å². The van der Waals surface area contributed by atoms with Crippen molar-refractivity contribution in [3.8, 4) is 5.75 Å². The standard InChI is InChI=1S/C15H17N3O2S/c1-4-19-12-7-5-6-11-14(12)17-15(21)18(11)8-13-16-9(2)10(3)20-13/h5-7H,4,8H2,1-3H3,(H,17,21). The van der Waals surface area contributed by atoms with Crippen molar-refractivity contribution in [2.75, 3.05) is 6.61 Å². The summed E-state index contributed by atoms with van der Waals surface area (Å²) in [5.74, 6) is 2.30. The number of para-hydroxylation sites is 1. The molecule has 1 N–H and O–H groups in total. The highest BCUT2D eigenvalue weighted by atomic mass is 32.1. The lowest BCUT2D eigenvalue weighted by Crippen LogP contribution is -2.00. The van der Waals surface area contributed by atoms with Gasteiger partial charge in [0.25, 0.3) is 0 Å². The number of hydrogen-bond donors (Lipinski definition) is 1. The maximum atomic E-state index is 5.65. The van der Waals surface area contributed by atoms with E-state index in [0.717, 1.165) is 28.2 Å². The summed E-state index contributed by atoms with van der Waals surface area (Å²) in [4.78, 5) is 7.62. The van der Waals surface area contributed by atoms with Gasteiger partial charge < -0.3 is 18.7 Å². The summed E-state index contributed by atoms with van der Waals surface area (Å²) in [5.41, 5.74) is 2.80. The molecule has 0 aliphatic carbocycles. The van der Waals surface area contributed by atoms with Gasteiger partial charge in [-0.1, -0.05) is 6.07 Å². The third-order valence-electron chi connectivity index (χ3n) is 3.44. The second-order valence-electron chi connectivity index (χ2n) is 4.85. The van der Waals surface area contributed by atoms with Crippen LogP contribution in [0.15, 0.2) is 22.6 Å². The molecule has 0 unspecified atom stereocenters. The van der Waals surface area contributed by atoms with Crippen LogP contribution in [0.5, 0.6) is 5.75 Å². The highest BCUT2D eigenvalue weighted by Gasteiger charge is 2.12. The Kier molecular flexibility index (Phi) is 3.55. The highest BCUT2D eigenvalue weighted by Crippen LogP contribution is 2.25. The molecule has 0 saturated carbocycles. The largest absolute Gasteiger partial charge is 0.492 e. The van der Waals surface area contributed by atoms with Crippen LogP contribution in [0.3, 0.4) is 0 Å². The number of rotatable bonds is 4. The number of aromatic nitrogens is 3. The lowest BCUT2D eigenvalue weighted by atomic mass is 10.3. The van der Waals surface area contributed by atoms with E-state index in [9.17, 15) is 0 Å². The molecule has 0 saturated heterocycles. The summed E-state index contributed by atoms with van der Waals surface area (Å²) in [5, 5.41) is 0. The average molecular weight is 303 g/mol. The van der Waals surface area contributed by atoms with Crippen molar-refractivity contribution in [1.82, 2.24) is 14.5 Å². The number of nitrogens with one attached hydrogen (secondary N) is 1. The Morgan fingerprint density at radius 3 is 2.86 bits per heavy atom. The van der Waals surface area contributed by atoms with E-state index in [1.165, 1.54) is 0 Å². The van der Waals surface area contributed by atoms with Crippen LogP contribution >= 0.6 is 12.2 Å². The van der Waals surface area contributed by atoms with Gasteiger partial charge in [0.05, 0.1) is 17.8 Å². The molecule has 3 rings (SSSR count).